The van der Waals surface area contributed by atoms with E-state index < -0.39 is 0 Å². The molecule has 30 heavy (non-hydrogen) atoms. The number of fused-ring (bicyclic) bond motifs is 1. The van der Waals surface area contributed by atoms with Crippen molar-refractivity contribution in [2.75, 3.05) is 7.05 Å². The highest BCUT2D eigenvalue weighted by Gasteiger charge is 2.17. The summed E-state index contributed by atoms with van der Waals surface area (Å²) < 4.78 is 6.09. The van der Waals surface area contributed by atoms with Crippen molar-refractivity contribution in [1.29, 1.82) is 0 Å². The van der Waals surface area contributed by atoms with Gasteiger partial charge in [0.15, 0.2) is 0 Å². The molecule has 7 nitrogen and oxygen atoms in total. The maximum Gasteiger partial charge on any atom is 0.269 e. The molecule has 9 heteroatoms. The van der Waals surface area contributed by atoms with Crippen molar-refractivity contribution in [3.05, 3.63) is 70.2 Å². The van der Waals surface area contributed by atoms with Gasteiger partial charge in [-0.3, -0.25) is 19.9 Å². The molecule has 1 amide bonds. The number of amides is 1. The summed E-state index contributed by atoms with van der Waals surface area (Å²) in [6.07, 6.45) is 4.31. The van der Waals surface area contributed by atoms with Gasteiger partial charge in [0.05, 0.1) is 15.6 Å². The zero-order chi connectivity index (χ0) is 21.3. The van der Waals surface area contributed by atoms with E-state index in [1.807, 2.05) is 25.1 Å². The van der Waals surface area contributed by atoms with Gasteiger partial charge in [-0.05, 0) is 37.3 Å². The van der Waals surface area contributed by atoms with Crippen LogP contribution in [0.15, 0.2) is 48.9 Å². The number of hydrogen-bond acceptors (Lipinski definition) is 5. The van der Waals surface area contributed by atoms with E-state index in [-0.39, 0.29) is 12.0 Å². The number of carbonyl (C=O) groups excluding carboxylic acids is 1. The first-order valence-electron chi connectivity index (χ1n) is 9.10. The van der Waals surface area contributed by atoms with Crippen LogP contribution in [-0.4, -0.2) is 33.1 Å². The molecule has 152 valence electrons. The summed E-state index contributed by atoms with van der Waals surface area (Å²) in [5, 5.41) is 11.7. The number of hydrogen-bond donors (Lipinski definition) is 2. The molecule has 0 aliphatic heterocycles. The molecule has 2 N–H and O–H groups in total. The SMILES string of the molecule is CNC(=O)c1ccc(-c2n[nH]c3ccc(O[C@H](C)c4c(Cl)cncc4Cl)cc23)cn1. The van der Waals surface area contributed by atoms with Crippen LogP contribution in [0, 0.1) is 0 Å². The second kappa shape index (κ2) is 8.30. The molecule has 4 rings (SSSR count). The number of H-pyrrole nitrogens is 1. The van der Waals surface area contributed by atoms with Gasteiger partial charge in [-0.15, -0.1) is 0 Å². The highest BCUT2D eigenvalue weighted by atomic mass is 35.5. The number of aromatic amines is 1. The van der Waals surface area contributed by atoms with Gasteiger partial charge in [-0.2, -0.15) is 5.10 Å². The van der Waals surface area contributed by atoms with Crippen LogP contribution in [0.1, 0.15) is 29.1 Å². The van der Waals surface area contributed by atoms with E-state index >= 15 is 0 Å². The van der Waals surface area contributed by atoms with Gasteiger partial charge in [-0.1, -0.05) is 23.2 Å². The molecule has 4 aromatic rings. The maximum absolute atomic E-state index is 11.7. The smallest absolute Gasteiger partial charge is 0.269 e. The first kappa shape index (κ1) is 20.1. The van der Waals surface area contributed by atoms with E-state index in [0.29, 0.717) is 32.7 Å². The summed E-state index contributed by atoms with van der Waals surface area (Å²) in [5.41, 5.74) is 3.35. The number of rotatable bonds is 5. The molecule has 3 aromatic heterocycles. The lowest BCUT2D eigenvalue weighted by Crippen LogP contribution is -2.18. The number of pyridine rings is 2. The number of aromatic nitrogens is 4. The van der Waals surface area contributed by atoms with Crippen molar-refractivity contribution in [2.45, 2.75) is 13.0 Å². The van der Waals surface area contributed by atoms with Crippen LogP contribution in [0.4, 0.5) is 0 Å². The summed E-state index contributed by atoms with van der Waals surface area (Å²) in [6.45, 7) is 1.87. The number of ether oxygens (including phenoxy) is 1. The third-order valence-corrected chi connectivity index (χ3v) is 5.24. The summed E-state index contributed by atoms with van der Waals surface area (Å²) in [4.78, 5) is 19.9. The molecular formula is C21H17Cl2N5O2. The van der Waals surface area contributed by atoms with Crippen LogP contribution >= 0.6 is 23.2 Å². The fourth-order valence-corrected chi connectivity index (χ4v) is 3.83. The molecule has 0 radical (unpaired) electrons. The van der Waals surface area contributed by atoms with Gasteiger partial charge in [0, 0.05) is 42.2 Å². The van der Waals surface area contributed by atoms with Crippen molar-refractivity contribution in [3.8, 4) is 17.0 Å². The highest BCUT2D eigenvalue weighted by Crippen LogP contribution is 2.34. The number of halogens is 2. The lowest BCUT2D eigenvalue weighted by molar-refractivity contribution is 0.0958. The van der Waals surface area contributed by atoms with Gasteiger partial charge in [0.25, 0.3) is 5.91 Å². The second-order valence-electron chi connectivity index (χ2n) is 6.57. The molecule has 0 bridgehead atoms. The maximum atomic E-state index is 11.7. The van der Waals surface area contributed by atoms with Gasteiger partial charge in [0.2, 0.25) is 0 Å². The molecule has 0 fully saturated rings. The van der Waals surface area contributed by atoms with Crippen molar-refractivity contribution in [3.63, 3.8) is 0 Å². The van der Waals surface area contributed by atoms with Crippen LogP contribution in [0.3, 0.4) is 0 Å². The largest absolute Gasteiger partial charge is 0.486 e. The summed E-state index contributed by atoms with van der Waals surface area (Å²) >= 11 is 12.5. The third kappa shape index (κ3) is 3.81. The monoisotopic (exact) mass is 441 g/mol. The van der Waals surface area contributed by atoms with Gasteiger partial charge < -0.3 is 10.1 Å². The van der Waals surface area contributed by atoms with Crippen molar-refractivity contribution < 1.29 is 9.53 Å². The Bertz CT molecular complexity index is 1200. The van der Waals surface area contributed by atoms with Gasteiger partial charge in [0.1, 0.15) is 23.2 Å². The Labute approximate surface area is 182 Å². The minimum absolute atomic E-state index is 0.244. The lowest BCUT2D eigenvalue weighted by Gasteiger charge is -2.17. The standard InChI is InChI=1S/C21H17Cl2N5O2/c1-11(19-15(22)9-25-10-16(19)23)30-13-4-6-17-14(7-13)20(28-27-17)12-3-5-18(26-8-12)21(29)24-2/h3-11H,1-2H3,(H,24,29)(H,27,28)/t11-/m1/s1. The summed E-state index contributed by atoms with van der Waals surface area (Å²) in [5.74, 6) is 0.392. The molecule has 3 heterocycles. The average molecular weight is 442 g/mol. The molecule has 1 aromatic carbocycles. The van der Waals surface area contributed by atoms with Crippen molar-refractivity contribution in [1.82, 2.24) is 25.5 Å². The zero-order valence-electron chi connectivity index (χ0n) is 16.1. The third-order valence-electron chi connectivity index (χ3n) is 4.64. The van der Waals surface area contributed by atoms with E-state index in [4.69, 9.17) is 27.9 Å². The average Bonchev–Trinajstić information content (AvgIpc) is 3.16. The molecule has 0 spiro atoms. The Kier molecular flexibility index (Phi) is 5.57. The topological polar surface area (TPSA) is 92.8 Å². The lowest BCUT2D eigenvalue weighted by atomic mass is 10.1. The van der Waals surface area contributed by atoms with Crippen LogP contribution in [0.25, 0.3) is 22.2 Å². The van der Waals surface area contributed by atoms with Gasteiger partial charge >= 0.3 is 0 Å². The Balaban J connectivity index is 1.65. The van der Waals surface area contributed by atoms with E-state index in [1.54, 1.807) is 25.4 Å². The second-order valence-corrected chi connectivity index (χ2v) is 7.38. The quantitative estimate of drug-likeness (QED) is 0.462. The first-order valence-corrected chi connectivity index (χ1v) is 9.85. The summed E-state index contributed by atoms with van der Waals surface area (Å²) in [6, 6.07) is 9.08. The molecule has 1 atom stereocenters. The van der Waals surface area contributed by atoms with Crippen molar-refractivity contribution in [2.24, 2.45) is 0 Å². The number of carbonyl (C=O) groups is 1. The summed E-state index contributed by atoms with van der Waals surface area (Å²) in [7, 11) is 1.56. The Hall–Kier alpha value is -3.16. The van der Waals surface area contributed by atoms with Crippen LogP contribution in [0.2, 0.25) is 10.0 Å². The van der Waals surface area contributed by atoms with E-state index in [0.717, 1.165) is 16.5 Å². The van der Waals surface area contributed by atoms with Crippen LogP contribution < -0.4 is 10.1 Å². The van der Waals surface area contributed by atoms with E-state index in [2.05, 4.69) is 25.5 Å². The fraction of sp³-hybridized carbons (Fsp3) is 0.143. The van der Waals surface area contributed by atoms with E-state index in [9.17, 15) is 4.79 Å². The molecule has 0 unspecified atom stereocenters. The minimum Gasteiger partial charge on any atom is -0.486 e. The first-order chi connectivity index (χ1) is 14.5. The van der Waals surface area contributed by atoms with Gasteiger partial charge in [-0.25, -0.2) is 0 Å². The van der Waals surface area contributed by atoms with Crippen LogP contribution in [0.5, 0.6) is 5.75 Å². The predicted molar refractivity (Wildman–Crippen MR) is 116 cm³/mol. The molecule has 0 aliphatic rings. The molecular weight excluding hydrogens is 425 g/mol. The van der Waals surface area contributed by atoms with Crippen molar-refractivity contribution >= 4 is 40.0 Å². The zero-order valence-corrected chi connectivity index (χ0v) is 17.6. The Morgan fingerprint density at radius 3 is 2.57 bits per heavy atom. The van der Waals surface area contributed by atoms with Crippen LogP contribution in [-0.2, 0) is 0 Å². The number of nitrogens with one attached hydrogen (secondary N) is 2. The minimum atomic E-state index is -0.380. The Morgan fingerprint density at radius 2 is 1.90 bits per heavy atom. The molecule has 0 saturated heterocycles. The number of nitrogens with zero attached hydrogens (tertiary/aromatic N) is 3. The normalized spacial score (nSPS) is 12.0. The number of benzene rings is 1. The molecule has 0 saturated carbocycles. The fourth-order valence-electron chi connectivity index (χ4n) is 3.16. The molecule has 0 aliphatic carbocycles. The van der Waals surface area contributed by atoms with E-state index in [1.165, 1.54) is 12.4 Å². The Morgan fingerprint density at radius 1 is 1.13 bits per heavy atom. The predicted octanol–water partition coefficient (Wildman–Crippen LogP) is 4.83. The highest BCUT2D eigenvalue weighted by molar-refractivity contribution is 6.35.